The average Bonchev–Trinajstić information content (AvgIpc) is 2.80. The first kappa shape index (κ1) is 16.0. The molecule has 1 N–H and O–H groups in total. The van der Waals surface area contributed by atoms with Crippen LogP contribution in [0, 0.1) is 6.92 Å². The lowest BCUT2D eigenvalue weighted by Gasteiger charge is -2.10. The number of thioether (sulfide) groups is 1. The Morgan fingerprint density at radius 3 is 3.00 bits per heavy atom. The number of esters is 1. The number of H-pyrrole nitrogens is 1. The molecule has 0 saturated heterocycles. The maximum atomic E-state index is 11.9. The molecule has 0 bridgehead atoms. The van der Waals surface area contributed by atoms with E-state index in [1.807, 2.05) is 13.0 Å². The number of nitrogens with zero attached hydrogens (tertiary/aromatic N) is 1. The van der Waals surface area contributed by atoms with Gasteiger partial charge < -0.3 is 14.5 Å². The van der Waals surface area contributed by atoms with Crippen LogP contribution in [0.4, 0.5) is 0 Å². The number of carbonyl (C=O) groups excluding carboxylic acids is 1. The summed E-state index contributed by atoms with van der Waals surface area (Å²) >= 11 is 2.63. The minimum absolute atomic E-state index is 0.188. The van der Waals surface area contributed by atoms with E-state index in [0.717, 1.165) is 4.88 Å². The van der Waals surface area contributed by atoms with Crippen molar-refractivity contribution in [3.8, 4) is 0 Å². The minimum Gasteiger partial charge on any atom is -0.462 e. The summed E-state index contributed by atoms with van der Waals surface area (Å²) in [5.74, 6) is -0.359. The standard InChI is InChI=1S/C13H16N2O4S2/c1-7-6-9-10(16)14-13(15-11(9)20-7)21-8(2)12(17)19-5-4-18-3/h6,8H,4-5H2,1-3H3,(H,14,15,16). The Morgan fingerprint density at radius 2 is 2.29 bits per heavy atom. The van der Waals surface area contributed by atoms with Crippen molar-refractivity contribution < 1.29 is 14.3 Å². The van der Waals surface area contributed by atoms with Gasteiger partial charge in [-0.2, -0.15) is 0 Å². The molecule has 2 aromatic rings. The lowest BCUT2D eigenvalue weighted by atomic mass is 10.4. The van der Waals surface area contributed by atoms with E-state index in [2.05, 4.69) is 9.97 Å². The molecule has 0 radical (unpaired) electrons. The number of carbonyl (C=O) groups is 1. The molecule has 21 heavy (non-hydrogen) atoms. The molecule has 0 fully saturated rings. The molecule has 6 nitrogen and oxygen atoms in total. The van der Waals surface area contributed by atoms with E-state index in [9.17, 15) is 9.59 Å². The third-order valence-corrected chi connectivity index (χ3v) is 4.56. The molecule has 2 aromatic heterocycles. The molecule has 0 amide bonds. The molecule has 0 saturated carbocycles. The van der Waals surface area contributed by atoms with Gasteiger partial charge in [0, 0.05) is 12.0 Å². The van der Waals surface area contributed by atoms with Crippen molar-refractivity contribution in [2.24, 2.45) is 0 Å². The Kier molecular flexibility index (Phi) is 5.38. The molecular weight excluding hydrogens is 312 g/mol. The summed E-state index contributed by atoms with van der Waals surface area (Å²) in [6.07, 6.45) is 0. The Labute approximate surface area is 129 Å². The van der Waals surface area contributed by atoms with Crippen LogP contribution in [-0.4, -0.2) is 41.5 Å². The van der Waals surface area contributed by atoms with Gasteiger partial charge in [0.05, 0.1) is 12.0 Å². The molecule has 0 aliphatic rings. The number of aromatic nitrogens is 2. The summed E-state index contributed by atoms with van der Waals surface area (Å²) < 4.78 is 9.85. The lowest BCUT2D eigenvalue weighted by molar-refractivity contribution is -0.143. The second-order valence-corrected chi connectivity index (χ2v) is 6.93. The normalized spacial score (nSPS) is 12.5. The zero-order chi connectivity index (χ0) is 15.4. The van der Waals surface area contributed by atoms with Crippen LogP contribution in [0.15, 0.2) is 16.0 Å². The monoisotopic (exact) mass is 328 g/mol. The third kappa shape index (κ3) is 4.05. The molecule has 2 rings (SSSR count). The predicted molar refractivity (Wildman–Crippen MR) is 83.1 cm³/mol. The van der Waals surface area contributed by atoms with Gasteiger partial charge in [-0.25, -0.2) is 4.98 Å². The van der Waals surface area contributed by atoms with Gasteiger partial charge in [-0.15, -0.1) is 11.3 Å². The number of thiophene rings is 1. The summed E-state index contributed by atoms with van der Waals surface area (Å²) in [5.41, 5.74) is -0.188. The second kappa shape index (κ2) is 7.06. The van der Waals surface area contributed by atoms with E-state index in [4.69, 9.17) is 9.47 Å². The van der Waals surface area contributed by atoms with E-state index in [0.29, 0.717) is 22.0 Å². The summed E-state index contributed by atoms with van der Waals surface area (Å²) in [4.78, 5) is 32.5. The highest BCUT2D eigenvalue weighted by atomic mass is 32.2. The molecule has 8 heteroatoms. The zero-order valence-corrected chi connectivity index (χ0v) is 13.6. The number of aryl methyl sites for hydroxylation is 1. The first-order valence-electron chi connectivity index (χ1n) is 6.34. The van der Waals surface area contributed by atoms with Crippen LogP contribution in [0.1, 0.15) is 11.8 Å². The number of ether oxygens (including phenoxy) is 2. The van der Waals surface area contributed by atoms with E-state index >= 15 is 0 Å². The number of fused-ring (bicyclic) bond motifs is 1. The number of nitrogens with one attached hydrogen (secondary N) is 1. The van der Waals surface area contributed by atoms with Crippen LogP contribution < -0.4 is 5.56 Å². The smallest absolute Gasteiger partial charge is 0.319 e. The molecule has 2 heterocycles. The van der Waals surface area contributed by atoms with Gasteiger partial charge in [-0.05, 0) is 19.9 Å². The number of hydrogen-bond donors (Lipinski definition) is 1. The van der Waals surface area contributed by atoms with Crippen molar-refractivity contribution in [1.82, 2.24) is 9.97 Å². The number of rotatable bonds is 6. The molecule has 114 valence electrons. The highest BCUT2D eigenvalue weighted by molar-refractivity contribution is 8.00. The number of methoxy groups -OCH3 is 1. The van der Waals surface area contributed by atoms with Gasteiger partial charge >= 0.3 is 5.97 Å². The van der Waals surface area contributed by atoms with E-state index in [-0.39, 0.29) is 18.1 Å². The molecule has 0 spiro atoms. The highest BCUT2D eigenvalue weighted by Gasteiger charge is 2.18. The van der Waals surface area contributed by atoms with Crippen molar-refractivity contribution in [2.45, 2.75) is 24.3 Å². The van der Waals surface area contributed by atoms with Crippen molar-refractivity contribution in [1.29, 1.82) is 0 Å². The minimum atomic E-state index is -0.455. The molecule has 0 aliphatic carbocycles. The van der Waals surface area contributed by atoms with Crippen molar-refractivity contribution in [3.63, 3.8) is 0 Å². The van der Waals surface area contributed by atoms with Gasteiger partial charge in [0.15, 0.2) is 5.16 Å². The van der Waals surface area contributed by atoms with E-state index in [1.54, 1.807) is 14.0 Å². The second-order valence-electron chi connectivity index (χ2n) is 4.37. The maximum Gasteiger partial charge on any atom is 0.319 e. The maximum absolute atomic E-state index is 11.9. The fraction of sp³-hybridized carbons (Fsp3) is 0.462. The molecular formula is C13H16N2O4S2. The summed E-state index contributed by atoms with van der Waals surface area (Å²) in [5, 5.41) is 0.547. The quantitative estimate of drug-likeness (QED) is 0.378. The number of hydrogen-bond acceptors (Lipinski definition) is 7. The Bertz CT molecular complexity index is 695. The fourth-order valence-corrected chi connectivity index (χ4v) is 3.38. The average molecular weight is 328 g/mol. The van der Waals surface area contributed by atoms with E-state index < -0.39 is 5.25 Å². The highest BCUT2D eigenvalue weighted by Crippen LogP contribution is 2.24. The largest absolute Gasteiger partial charge is 0.462 e. The van der Waals surface area contributed by atoms with Crippen LogP contribution >= 0.6 is 23.1 Å². The zero-order valence-electron chi connectivity index (χ0n) is 12.0. The van der Waals surface area contributed by atoms with Crippen LogP contribution in [0.25, 0.3) is 10.2 Å². The van der Waals surface area contributed by atoms with Crippen LogP contribution in [0.3, 0.4) is 0 Å². The predicted octanol–water partition coefficient (Wildman–Crippen LogP) is 1.96. The van der Waals surface area contributed by atoms with Crippen LogP contribution in [0.2, 0.25) is 0 Å². The van der Waals surface area contributed by atoms with Gasteiger partial charge in [-0.1, -0.05) is 11.8 Å². The van der Waals surface area contributed by atoms with E-state index in [1.165, 1.54) is 23.1 Å². The molecule has 1 atom stereocenters. The van der Waals surface area contributed by atoms with Crippen molar-refractivity contribution in [2.75, 3.05) is 20.3 Å². The first-order valence-corrected chi connectivity index (χ1v) is 8.03. The third-order valence-electron chi connectivity index (χ3n) is 2.66. The topological polar surface area (TPSA) is 81.3 Å². The van der Waals surface area contributed by atoms with Gasteiger partial charge in [0.25, 0.3) is 5.56 Å². The van der Waals surface area contributed by atoms with Gasteiger partial charge in [-0.3, -0.25) is 9.59 Å². The van der Waals surface area contributed by atoms with Gasteiger partial charge in [0.1, 0.15) is 16.7 Å². The number of aromatic amines is 1. The molecule has 0 aromatic carbocycles. The van der Waals surface area contributed by atoms with Crippen molar-refractivity contribution in [3.05, 3.63) is 21.3 Å². The SMILES string of the molecule is COCCOC(=O)C(C)Sc1nc2sc(C)cc2c(=O)[nH]1. The van der Waals surface area contributed by atoms with Crippen LogP contribution in [0.5, 0.6) is 0 Å². The van der Waals surface area contributed by atoms with Gasteiger partial charge in [0.2, 0.25) is 0 Å². The Morgan fingerprint density at radius 1 is 1.52 bits per heavy atom. The Hall–Kier alpha value is -1.38. The van der Waals surface area contributed by atoms with Crippen molar-refractivity contribution >= 4 is 39.3 Å². The lowest BCUT2D eigenvalue weighted by Crippen LogP contribution is -2.20. The first-order chi connectivity index (χ1) is 10.0. The molecule has 0 aliphatic heterocycles. The van der Waals surface area contributed by atoms with Crippen LogP contribution in [-0.2, 0) is 14.3 Å². The fourth-order valence-electron chi connectivity index (χ4n) is 1.65. The molecule has 1 unspecified atom stereocenters. The summed E-state index contributed by atoms with van der Waals surface area (Å²) in [6, 6.07) is 1.81. The summed E-state index contributed by atoms with van der Waals surface area (Å²) in [7, 11) is 1.54. The Balaban J connectivity index is 2.08. The summed E-state index contributed by atoms with van der Waals surface area (Å²) in [6.45, 7) is 4.21.